The quantitative estimate of drug-likeness (QED) is 0.243. The number of rotatable bonds is 4. The fourth-order valence-electron chi connectivity index (χ4n) is 3.12. The highest BCUT2D eigenvalue weighted by Crippen LogP contribution is 2.35. The van der Waals surface area contributed by atoms with Crippen LogP contribution < -0.4 is 5.32 Å². The van der Waals surface area contributed by atoms with Gasteiger partial charge >= 0.3 is 6.18 Å². The van der Waals surface area contributed by atoms with Crippen LogP contribution in [-0.2, 0) is 6.18 Å². The van der Waals surface area contributed by atoms with Gasteiger partial charge in [-0.05, 0) is 49.4 Å². The van der Waals surface area contributed by atoms with E-state index >= 15 is 0 Å². The summed E-state index contributed by atoms with van der Waals surface area (Å²) >= 11 is 5.93. The van der Waals surface area contributed by atoms with Gasteiger partial charge in [-0.2, -0.15) is 13.2 Å². The Balaban J connectivity index is 2.12. The van der Waals surface area contributed by atoms with Crippen molar-refractivity contribution in [3.8, 4) is 11.8 Å². The first kappa shape index (κ1) is 25.0. The smallest absolute Gasteiger partial charge is 0.381 e. The van der Waals surface area contributed by atoms with Gasteiger partial charge in [0.15, 0.2) is 0 Å². The third-order valence-corrected chi connectivity index (χ3v) is 4.97. The van der Waals surface area contributed by atoms with E-state index in [-0.39, 0.29) is 22.5 Å². The number of alkyl halides is 3. The van der Waals surface area contributed by atoms with Crippen LogP contribution in [0.5, 0.6) is 0 Å². The Morgan fingerprint density at radius 2 is 1.79 bits per heavy atom. The molecule has 174 valence electrons. The highest BCUT2D eigenvalue weighted by molar-refractivity contribution is 6.34. The van der Waals surface area contributed by atoms with Crippen molar-refractivity contribution in [2.45, 2.75) is 19.2 Å². The predicted octanol–water partition coefficient (Wildman–Crippen LogP) is 5.90. The first-order chi connectivity index (χ1) is 16.0. The maximum atomic E-state index is 14.3. The third-order valence-electron chi connectivity index (χ3n) is 4.65. The summed E-state index contributed by atoms with van der Waals surface area (Å²) < 4.78 is 54.7. The summed E-state index contributed by atoms with van der Waals surface area (Å²) in [7, 11) is 0. The lowest BCUT2D eigenvalue weighted by molar-refractivity contribution is -0.137. The molecule has 9 heteroatoms. The molecule has 3 aromatic rings. The summed E-state index contributed by atoms with van der Waals surface area (Å²) in [5, 5.41) is 19.8. The van der Waals surface area contributed by atoms with Crippen LogP contribution in [0.25, 0.3) is 0 Å². The maximum absolute atomic E-state index is 14.3. The van der Waals surface area contributed by atoms with Gasteiger partial charge in [-0.1, -0.05) is 41.6 Å². The summed E-state index contributed by atoms with van der Waals surface area (Å²) in [5.41, 5.74) is -2.14. The zero-order valence-electron chi connectivity index (χ0n) is 17.6. The van der Waals surface area contributed by atoms with E-state index in [0.29, 0.717) is 5.56 Å². The van der Waals surface area contributed by atoms with Crippen molar-refractivity contribution in [3.63, 3.8) is 0 Å². The van der Waals surface area contributed by atoms with Crippen molar-refractivity contribution in [1.82, 2.24) is 0 Å². The number of hydrogen-bond donors (Lipinski definition) is 3. The molecule has 34 heavy (non-hydrogen) atoms. The molecule has 0 bridgehead atoms. The van der Waals surface area contributed by atoms with E-state index in [0.717, 1.165) is 24.3 Å². The monoisotopic (exact) mass is 488 g/mol. The van der Waals surface area contributed by atoms with Gasteiger partial charge in [0, 0.05) is 16.7 Å². The molecule has 0 saturated carbocycles. The van der Waals surface area contributed by atoms with Crippen molar-refractivity contribution in [1.29, 1.82) is 5.41 Å². The Bertz CT molecular complexity index is 1320. The lowest BCUT2D eigenvalue weighted by atomic mass is 9.98. The van der Waals surface area contributed by atoms with E-state index in [1.54, 1.807) is 0 Å². The molecule has 3 aromatic carbocycles. The van der Waals surface area contributed by atoms with Gasteiger partial charge in [0.05, 0.1) is 27.5 Å². The molecule has 1 amide bonds. The third kappa shape index (κ3) is 5.63. The summed E-state index contributed by atoms with van der Waals surface area (Å²) in [6.45, 7) is 1.44. The number of nitrogens with one attached hydrogen (secondary N) is 2. The van der Waals surface area contributed by atoms with Crippen LogP contribution in [0.2, 0.25) is 5.02 Å². The molecule has 1 atom stereocenters. The molecule has 1 unspecified atom stereocenters. The summed E-state index contributed by atoms with van der Waals surface area (Å²) in [5.74, 6) is 3.32. The predicted molar refractivity (Wildman–Crippen MR) is 122 cm³/mol. The van der Waals surface area contributed by atoms with Crippen molar-refractivity contribution < 1.29 is 27.5 Å². The van der Waals surface area contributed by atoms with Crippen LogP contribution in [-0.4, -0.2) is 22.8 Å². The second kappa shape index (κ2) is 10.1. The van der Waals surface area contributed by atoms with E-state index in [9.17, 15) is 27.5 Å². The van der Waals surface area contributed by atoms with Crippen LogP contribution >= 0.6 is 11.6 Å². The maximum Gasteiger partial charge on any atom is 0.417 e. The number of hydrogen-bond acceptors (Lipinski definition) is 3. The van der Waals surface area contributed by atoms with Gasteiger partial charge < -0.3 is 10.4 Å². The number of carbonyl (C=O) groups is 1. The highest BCUT2D eigenvalue weighted by Gasteiger charge is 2.36. The zero-order valence-corrected chi connectivity index (χ0v) is 18.4. The largest absolute Gasteiger partial charge is 0.417 e. The van der Waals surface area contributed by atoms with Gasteiger partial charge in [0.1, 0.15) is 11.9 Å². The number of anilines is 1. The highest BCUT2D eigenvalue weighted by atomic mass is 35.5. The lowest BCUT2D eigenvalue weighted by Crippen LogP contribution is -2.21. The van der Waals surface area contributed by atoms with Crippen LogP contribution in [0.1, 0.15) is 39.5 Å². The molecule has 0 spiro atoms. The van der Waals surface area contributed by atoms with Crippen LogP contribution in [0.3, 0.4) is 0 Å². The first-order valence-electron chi connectivity index (χ1n) is 9.83. The second-order valence-electron chi connectivity index (χ2n) is 7.17. The van der Waals surface area contributed by atoms with Gasteiger partial charge in [-0.3, -0.25) is 10.2 Å². The molecule has 3 rings (SSSR count). The minimum atomic E-state index is -4.84. The molecule has 3 N–H and O–H groups in total. The number of aliphatic hydroxyl groups excluding tert-OH is 1. The van der Waals surface area contributed by atoms with E-state index < -0.39 is 40.2 Å². The van der Waals surface area contributed by atoms with Crippen molar-refractivity contribution in [2.75, 3.05) is 5.32 Å². The van der Waals surface area contributed by atoms with E-state index in [1.807, 2.05) is 0 Å². The molecule has 0 fully saturated rings. The lowest BCUT2D eigenvalue weighted by Gasteiger charge is -2.17. The minimum Gasteiger partial charge on any atom is -0.381 e. The average Bonchev–Trinajstić information content (AvgIpc) is 2.77. The van der Waals surface area contributed by atoms with Crippen molar-refractivity contribution in [2.24, 2.45) is 0 Å². The number of amides is 1. The fourth-order valence-corrected chi connectivity index (χ4v) is 3.38. The van der Waals surface area contributed by atoms with Crippen LogP contribution in [0, 0.1) is 23.1 Å². The molecule has 0 heterocycles. The molecule has 0 radical (unpaired) electrons. The number of halogens is 5. The molecular weight excluding hydrogens is 472 g/mol. The molecule has 0 aliphatic heterocycles. The molecule has 4 nitrogen and oxygen atoms in total. The van der Waals surface area contributed by atoms with Gasteiger partial charge in [0.2, 0.25) is 0 Å². The SMILES string of the molecule is CC(O)C#Cc1ccc(C(=N)c2ccccc2F)c(NC(=O)c2c(Cl)cccc2C(F)(F)F)c1. The van der Waals surface area contributed by atoms with Gasteiger partial charge in [0.25, 0.3) is 5.91 Å². The Labute approximate surface area is 197 Å². The van der Waals surface area contributed by atoms with E-state index in [2.05, 4.69) is 17.2 Å². The van der Waals surface area contributed by atoms with Gasteiger partial charge in [-0.25, -0.2) is 4.39 Å². The number of aliphatic hydroxyl groups is 1. The summed E-state index contributed by atoms with van der Waals surface area (Å²) in [6.07, 6.45) is -5.79. The number of benzene rings is 3. The Hall–Kier alpha value is -3.67. The van der Waals surface area contributed by atoms with Crippen molar-refractivity contribution >= 4 is 28.9 Å². The molecule has 0 saturated heterocycles. The average molecular weight is 489 g/mol. The topological polar surface area (TPSA) is 73.2 Å². The second-order valence-corrected chi connectivity index (χ2v) is 7.58. The first-order valence-corrected chi connectivity index (χ1v) is 10.2. The normalized spacial score (nSPS) is 11.9. The number of carbonyl (C=O) groups excluding carboxylic acids is 1. The Morgan fingerprint density at radius 3 is 2.44 bits per heavy atom. The van der Waals surface area contributed by atoms with E-state index in [1.165, 1.54) is 43.3 Å². The molecule has 0 aliphatic rings. The minimum absolute atomic E-state index is 0.0432. The summed E-state index contributed by atoms with van der Waals surface area (Å²) in [4.78, 5) is 12.9. The fraction of sp³-hybridized carbons (Fsp3) is 0.120. The van der Waals surface area contributed by atoms with Crippen LogP contribution in [0.4, 0.5) is 23.2 Å². The van der Waals surface area contributed by atoms with Crippen molar-refractivity contribution in [3.05, 3.63) is 99.3 Å². The van der Waals surface area contributed by atoms with Crippen LogP contribution in [0.15, 0.2) is 60.7 Å². The molecule has 0 aliphatic carbocycles. The zero-order chi connectivity index (χ0) is 25.0. The van der Waals surface area contributed by atoms with E-state index in [4.69, 9.17) is 17.0 Å². The standard InChI is InChI=1S/C25H17ClF4N2O2/c1-14(33)9-10-15-11-12-17(23(31)16-5-2-3-8-20(16)27)21(13-15)32-24(34)22-18(25(28,29)30)6-4-7-19(22)26/h2-8,11-14,31,33H,1H3,(H,32,34). The molecule has 0 aromatic heterocycles. The molecular formula is C25H17ClF4N2O2. The Kier molecular flexibility index (Phi) is 7.40. The Morgan fingerprint density at radius 1 is 1.09 bits per heavy atom. The summed E-state index contributed by atoms with van der Waals surface area (Å²) in [6, 6.07) is 12.6. The van der Waals surface area contributed by atoms with Gasteiger partial charge in [-0.15, -0.1) is 0 Å².